The summed E-state index contributed by atoms with van der Waals surface area (Å²) in [6, 6.07) is 15.3. The molecular formula is C20H23BrN2O3S. The quantitative estimate of drug-likeness (QED) is 0.751. The molecule has 27 heavy (non-hydrogen) atoms. The maximum atomic E-state index is 13.1. The average molecular weight is 451 g/mol. The molecule has 0 radical (unpaired) electrons. The van der Waals surface area contributed by atoms with Gasteiger partial charge in [-0.2, -0.15) is 4.31 Å². The fourth-order valence-corrected chi connectivity index (χ4v) is 5.25. The van der Waals surface area contributed by atoms with E-state index in [2.05, 4.69) is 21.2 Å². The van der Waals surface area contributed by atoms with Crippen LogP contribution in [0.1, 0.15) is 37.8 Å². The number of carbonyl (C=O) groups is 1. The van der Waals surface area contributed by atoms with Gasteiger partial charge < -0.3 is 5.32 Å². The standard InChI is InChI=1S/C20H23BrN2O3S/c1-15(16-7-3-2-4-8-16)22-20(24)19-9-5-6-14-23(19)27(25,26)18-12-10-17(21)11-13-18/h2-4,7-8,10-13,15,19H,5-6,9,14H2,1H3,(H,22,24)/t15-,19+/m0/s1. The van der Waals surface area contributed by atoms with Crippen LogP contribution in [0.2, 0.25) is 0 Å². The van der Waals surface area contributed by atoms with Crippen LogP contribution in [0.4, 0.5) is 0 Å². The number of nitrogens with zero attached hydrogens (tertiary/aromatic N) is 1. The van der Waals surface area contributed by atoms with Crippen LogP contribution in [0.25, 0.3) is 0 Å². The molecule has 7 heteroatoms. The Labute approximate surface area is 169 Å². The lowest BCUT2D eigenvalue weighted by molar-refractivity contribution is -0.126. The first-order valence-corrected chi connectivity index (χ1v) is 11.3. The second kappa shape index (κ2) is 8.54. The zero-order valence-corrected chi connectivity index (χ0v) is 17.5. The Balaban J connectivity index is 1.80. The van der Waals surface area contributed by atoms with E-state index >= 15 is 0 Å². The Morgan fingerprint density at radius 1 is 1.11 bits per heavy atom. The molecule has 1 aliphatic heterocycles. The fraction of sp³-hybridized carbons (Fsp3) is 0.350. The minimum atomic E-state index is -3.72. The number of nitrogens with one attached hydrogen (secondary N) is 1. The molecule has 1 amide bonds. The van der Waals surface area contributed by atoms with Gasteiger partial charge in [0.05, 0.1) is 10.9 Å². The topological polar surface area (TPSA) is 66.5 Å². The van der Waals surface area contributed by atoms with Crippen molar-refractivity contribution >= 4 is 31.9 Å². The van der Waals surface area contributed by atoms with Crippen LogP contribution in [-0.4, -0.2) is 31.2 Å². The summed E-state index contributed by atoms with van der Waals surface area (Å²) in [5.41, 5.74) is 0.990. The largest absolute Gasteiger partial charge is 0.348 e. The molecule has 0 bridgehead atoms. The first kappa shape index (κ1) is 20.0. The van der Waals surface area contributed by atoms with Crippen molar-refractivity contribution in [2.45, 2.75) is 43.2 Å². The number of rotatable bonds is 5. The predicted molar refractivity (Wildman–Crippen MR) is 109 cm³/mol. The van der Waals surface area contributed by atoms with E-state index in [9.17, 15) is 13.2 Å². The van der Waals surface area contributed by atoms with Gasteiger partial charge in [0, 0.05) is 11.0 Å². The van der Waals surface area contributed by atoms with Crippen LogP contribution in [-0.2, 0) is 14.8 Å². The molecule has 2 atom stereocenters. The minimum absolute atomic E-state index is 0.183. The molecule has 5 nitrogen and oxygen atoms in total. The van der Waals surface area contributed by atoms with E-state index in [0.29, 0.717) is 13.0 Å². The van der Waals surface area contributed by atoms with Gasteiger partial charge in [0.1, 0.15) is 6.04 Å². The third-order valence-corrected chi connectivity index (χ3v) is 7.29. The van der Waals surface area contributed by atoms with E-state index in [0.717, 1.165) is 22.9 Å². The van der Waals surface area contributed by atoms with Crippen molar-refractivity contribution in [2.24, 2.45) is 0 Å². The Kier molecular flexibility index (Phi) is 6.34. The summed E-state index contributed by atoms with van der Waals surface area (Å²) in [7, 11) is -3.72. The van der Waals surface area contributed by atoms with Gasteiger partial charge in [0.2, 0.25) is 15.9 Å². The SMILES string of the molecule is C[C@H](NC(=O)[C@H]1CCCCN1S(=O)(=O)c1ccc(Br)cc1)c1ccccc1. The van der Waals surface area contributed by atoms with Gasteiger partial charge in [0.15, 0.2) is 0 Å². The first-order chi connectivity index (χ1) is 12.9. The molecule has 0 aliphatic carbocycles. The molecular weight excluding hydrogens is 428 g/mol. The van der Waals surface area contributed by atoms with Crippen LogP contribution in [0, 0.1) is 0 Å². The third-order valence-electron chi connectivity index (χ3n) is 4.83. The molecule has 1 N–H and O–H groups in total. The van der Waals surface area contributed by atoms with Gasteiger partial charge in [-0.3, -0.25) is 4.79 Å². The number of hydrogen-bond donors (Lipinski definition) is 1. The molecule has 0 saturated carbocycles. The summed E-state index contributed by atoms with van der Waals surface area (Å²) < 4.78 is 28.4. The molecule has 0 aromatic heterocycles. The van der Waals surface area contributed by atoms with Gasteiger partial charge in [-0.1, -0.05) is 52.7 Å². The Bertz CT molecular complexity index is 885. The molecule has 0 unspecified atom stereocenters. The Morgan fingerprint density at radius 3 is 2.44 bits per heavy atom. The molecule has 1 heterocycles. The summed E-state index contributed by atoms with van der Waals surface area (Å²) in [5.74, 6) is -0.244. The summed E-state index contributed by atoms with van der Waals surface area (Å²) in [5, 5.41) is 2.98. The molecule has 1 fully saturated rings. The van der Waals surface area contributed by atoms with Crippen molar-refractivity contribution in [3.05, 3.63) is 64.6 Å². The van der Waals surface area contributed by atoms with Crippen molar-refractivity contribution in [2.75, 3.05) is 6.54 Å². The molecule has 144 valence electrons. The number of amides is 1. The van der Waals surface area contributed by atoms with Crippen LogP contribution in [0.3, 0.4) is 0 Å². The van der Waals surface area contributed by atoms with Crippen molar-refractivity contribution in [3.63, 3.8) is 0 Å². The van der Waals surface area contributed by atoms with Gasteiger partial charge in [-0.15, -0.1) is 0 Å². The van der Waals surface area contributed by atoms with Crippen molar-refractivity contribution in [1.29, 1.82) is 0 Å². The molecule has 0 spiro atoms. The number of benzene rings is 2. The summed E-state index contributed by atoms with van der Waals surface area (Å²) in [6.45, 7) is 2.26. The van der Waals surface area contributed by atoms with Crippen molar-refractivity contribution in [3.8, 4) is 0 Å². The highest BCUT2D eigenvalue weighted by Gasteiger charge is 2.37. The second-order valence-corrected chi connectivity index (χ2v) is 9.53. The number of hydrogen-bond acceptors (Lipinski definition) is 3. The third kappa shape index (κ3) is 4.59. The van der Waals surface area contributed by atoms with Crippen LogP contribution >= 0.6 is 15.9 Å². The number of carbonyl (C=O) groups excluding carboxylic acids is 1. The number of piperidine rings is 1. The van der Waals surface area contributed by atoms with E-state index in [1.54, 1.807) is 24.3 Å². The maximum Gasteiger partial charge on any atom is 0.243 e. The molecule has 2 aromatic carbocycles. The van der Waals surface area contributed by atoms with Crippen LogP contribution < -0.4 is 5.32 Å². The summed E-state index contributed by atoms with van der Waals surface area (Å²) in [6.07, 6.45) is 2.13. The van der Waals surface area contributed by atoms with E-state index < -0.39 is 16.1 Å². The Hall–Kier alpha value is -1.70. The average Bonchev–Trinajstić information content (AvgIpc) is 2.69. The lowest BCUT2D eigenvalue weighted by atomic mass is 10.0. The zero-order chi connectivity index (χ0) is 19.4. The van der Waals surface area contributed by atoms with E-state index in [1.807, 2.05) is 37.3 Å². The maximum absolute atomic E-state index is 13.1. The molecule has 1 saturated heterocycles. The smallest absolute Gasteiger partial charge is 0.243 e. The summed E-state index contributed by atoms with van der Waals surface area (Å²) in [4.78, 5) is 13.1. The molecule has 2 aromatic rings. The lowest BCUT2D eigenvalue weighted by Crippen LogP contribution is -2.52. The highest BCUT2D eigenvalue weighted by Crippen LogP contribution is 2.27. The Morgan fingerprint density at radius 2 is 1.78 bits per heavy atom. The highest BCUT2D eigenvalue weighted by atomic mass is 79.9. The van der Waals surface area contributed by atoms with Gasteiger partial charge >= 0.3 is 0 Å². The van der Waals surface area contributed by atoms with Crippen LogP contribution in [0.5, 0.6) is 0 Å². The zero-order valence-electron chi connectivity index (χ0n) is 15.1. The lowest BCUT2D eigenvalue weighted by Gasteiger charge is -2.34. The van der Waals surface area contributed by atoms with Gasteiger partial charge in [0.25, 0.3) is 0 Å². The first-order valence-electron chi connectivity index (χ1n) is 9.02. The van der Waals surface area contributed by atoms with Gasteiger partial charge in [-0.05, 0) is 49.6 Å². The second-order valence-electron chi connectivity index (χ2n) is 6.72. The predicted octanol–water partition coefficient (Wildman–Crippen LogP) is 3.87. The molecule has 1 aliphatic rings. The van der Waals surface area contributed by atoms with Crippen molar-refractivity contribution < 1.29 is 13.2 Å². The summed E-state index contributed by atoms with van der Waals surface area (Å²) >= 11 is 3.32. The normalized spacial score (nSPS) is 19.4. The monoisotopic (exact) mass is 450 g/mol. The highest BCUT2D eigenvalue weighted by molar-refractivity contribution is 9.10. The van der Waals surface area contributed by atoms with E-state index in [-0.39, 0.29) is 16.8 Å². The van der Waals surface area contributed by atoms with Crippen molar-refractivity contribution in [1.82, 2.24) is 9.62 Å². The number of sulfonamides is 1. The van der Waals surface area contributed by atoms with E-state index in [4.69, 9.17) is 0 Å². The van der Waals surface area contributed by atoms with Crippen LogP contribution in [0.15, 0.2) is 64.0 Å². The van der Waals surface area contributed by atoms with Gasteiger partial charge in [-0.25, -0.2) is 8.42 Å². The minimum Gasteiger partial charge on any atom is -0.348 e. The number of halogens is 1. The van der Waals surface area contributed by atoms with E-state index in [1.165, 1.54) is 4.31 Å². The molecule has 3 rings (SSSR count). The fourth-order valence-electron chi connectivity index (χ4n) is 3.33.